The van der Waals surface area contributed by atoms with Crippen LogP contribution >= 0.6 is 0 Å². The van der Waals surface area contributed by atoms with Gasteiger partial charge in [-0.25, -0.2) is 0 Å². The van der Waals surface area contributed by atoms with Crippen LogP contribution in [0.4, 0.5) is 13.2 Å². The number of alkyl halides is 3. The Morgan fingerprint density at radius 1 is 1.13 bits per heavy atom. The van der Waals surface area contributed by atoms with Gasteiger partial charge < -0.3 is 0 Å². The number of rotatable bonds is 0. The highest BCUT2D eigenvalue weighted by Crippen LogP contribution is 2.09. The third-order valence-electron chi connectivity index (χ3n) is 1.08. The van der Waals surface area contributed by atoms with Crippen molar-refractivity contribution in [3.8, 4) is 0 Å². The number of hydrogen-bond acceptors (Lipinski definition) is 0. The topological polar surface area (TPSA) is 0 Å². The van der Waals surface area contributed by atoms with Crippen LogP contribution in [0, 0.1) is 20.8 Å². The van der Waals surface area contributed by atoms with Crippen LogP contribution < -0.4 is 0 Å². The van der Waals surface area contributed by atoms with Crippen molar-refractivity contribution < 1.29 is 13.2 Å². The third kappa shape index (κ3) is 19.4. The second-order valence-electron chi connectivity index (χ2n) is 2.60. The van der Waals surface area contributed by atoms with Crippen LogP contribution in [0.5, 0.6) is 0 Å². The lowest BCUT2D eigenvalue weighted by Crippen LogP contribution is -1.96. The fourth-order valence-corrected chi connectivity index (χ4v) is 0.712. The van der Waals surface area contributed by atoms with Gasteiger partial charge in [-0.1, -0.05) is 43.7 Å². The van der Waals surface area contributed by atoms with E-state index in [1.165, 1.54) is 5.56 Å². The van der Waals surface area contributed by atoms with E-state index in [-0.39, 0.29) is 0 Å². The Bertz CT molecular complexity index is 228. The molecule has 0 heterocycles. The van der Waals surface area contributed by atoms with Crippen molar-refractivity contribution in [3.63, 3.8) is 0 Å². The zero-order valence-electron chi connectivity index (χ0n) is 9.36. The van der Waals surface area contributed by atoms with Crippen LogP contribution in [0.1, 0.15) is 25.0 Å². The average molecular weight is 218 g/mol. The molecule has 1 rings (SSSR count). The van der Waals surface area contributed by atoms with E-state index >= 15 is 0 Å². The maximum atomic E-state index is 10.2. The minimum Gasteiger partial charge on any atom is -0.171 e. The van der Waals surface area contributed by atoms with Crippen molar-refractivity contribution in [2.45, 2.75) is 26.9 Å². The van der Waals surface area contributed by atoms with E-state index in [0.717, 1.165) is 5.56 Å². The molecule has 0 saturated carbocycles. The second kappa shape index (κ2) is 8.33. The lowest BCUT2D eigenvalue weighted by atomic mass is 10.2. The molecule has 86 valence electrons. The van der Waals surface area contributed by atoms with Crippen LogP contribution in [0.15, 0.2) is 24.3 Å². The van der Waals surface area contributed by atoms with Gasteiger partial charge in [0.15, 0.2) is 0 Å². The Labute approximate surface area is 90.1 Å². The molecule has 0 fully saturated rings. The Morgan fingerprint density at radius 2 is 1.53 bits per heavy atom. The predicted molar refractivity (Wildman–Crippen MR) is 58.4 cm³/mol. The predicted octanol–water partition coefficient (Wildman–Crippen LogP) is 4.59. The summed E-state index contributed by atoms with van der Waals surface area (Å²) in [5.41, 5.74) is 2.36. The summed E-state index contributed by atoms with van der Waals surface area (Å²) in [4.78, 5) is 0. The normalized spacial score (nSPS) is 9.33. The fourth-order valence-electron chi connectivity index (χ4n) is 0.712. The Morgan fingerprint density at radius 3 is 1.73 bits per heavy atom. The molecule has 0 aliphatic heterocycles. The van der Waals surface area contributed by atoms with Crippen LogP contribution in [0.2, 0.25) is 0 Å². The summed E-state index contributed by atoms with van der Waals surface area (Å²) in [5, 5.41) is 0. The summed E-state index contributed by atoms with van der Waals surface area (Å²) in [5.74, 6) is 0. The van der Waals surface area contributed by atoms with Gasteiger partial charge in [0.1, 0.15) is 0 Å². The van der Waals surface area contributed by atoms with Gasteiger partial charge in [0.2, 0.25) is 0 Å². The molecule has 0 aliphatic carbocycles. The van der Waals surface area contributed by atoms with Gasteiger partial charge in [-0.05, 0) is 19.4 Å². The van der Waals surface area contributed by atoms with Gasteiger partial charge in [-0.15, -0.1) is 0 Å². The molecule has 0 amide bonds. The van der Waals surface area contributed by atoms with E-state index in [1.807, 2.05) is 26.0 Å². The third-order valence-corrected chi connectivity index (χ3v) is 1.08. The SMILES string of the molecule is CC.[CH2]C(F)(F)F.[CH2]c1cccc(C)c1. The number of benzene rings is 1. The molecule has 0 bridgehead atoms. The Kier molecular flexibility index (Phi) is 9.13. The average Bonchev–Trinajstić information content (AvgIpc) is 2.04. The van der Waals surface area contributed by atoms with Crippen molar-refractivity contribution in [1.29, 1.82) is 0 Å². The lowest BCUT2D eigenvalue weighted by Gasteiger charge is -1.90. The van der Waals surface area contributed by atoms with Gasteiger partial charge >= 0.3 is 6.18 Å². The molecule has 2 radical (unpaired) electrons. The van der Waals surface area contributed by atoms with Gasteiger partial charge in [-0.3, -0.25) is 0 Å². The fraction of sp³-hybridized carbons (Fsp3) is 0.333. The molecule has 0 aromatic heterocycles. The standard InChI is InChI=1S/C8H9.C2H2F3.C2H6/c1-7-4-3-5-8(2)6-7;1-2(3,4)5;1-2/h3-6H,1H2,2H3;1H2;1-2H3. The first-order chi connectivity index (χ1) is 6.79. The molecule has 15 heavy (non-hydrogen) atoms. The Hall–Kier alpha value is -0.990. The molecule has 0 N–H and O–H groups in total. The Balaban J connectivity index is 0. The van der Waals surface area contributed by atoms with E-state index in [2.05, 4.69) is 26.0 Å². The maximum absolute atomic E-state index is 10.2. The van der Waals surface area contributed by atoms with Crippen LogP contribution in [-0.4, -0.2) is 6.18 Å². The minimum absolute atomic E-state index is 1.09. The highest BCUT2D eigenvalue weighted by atomic mass is 19.4. The van der Waals surface area contributed by atoms with Crippen LogP contribution in [0.25, 0.3) is 0 Å². The first kappa shape index (κ1) is 16.4. The van der Waals surface area contributed by atoms with E-state index in [1.54, 1.807) is 6.92 Å². The molecule has 3 heteroatoms. The summed E-state index contributed by atoms with van der Waals surface area (Å²) in [6.07, 6.45) is -4.25. The minimum atomic E-state index is -4.25. The smallest absolute Gasteiger partial charge is 0.171 e. The number of aryl methyl sites for hydroxylation is 1. The molecular formula is C12H17F3. The number of hydrogen-bond donors (Lipinski definition) is 0. The van der Waals surface area contributed by atoms with Crippen molar-refractivity contribution >= 4 is 0 Å². The summed E-state index contributed by atoms with van der Waals surface area (Å²) >= 11 is 0. The van der Waals surface area contributed by atoms with E-state index in [4.69, 9.17) is 0 Å². The maximum Gasteiger partial charge on any atom is 0.389 e. The lowest BCUT2D eigenvalue weighted by molar-refractivity contribution is -0.0829. The molecular weight excluding hydrogens is 201 g/mol. The van der Waals surface area contributed by atoms with E-state index in [0.29, 0.717) is 0 Å². The highest BCUT2D eigenvalue weighted by molar-refractivity contribution is 5.23. The quantitative estimate of drug-likeness (QED) is 0.597. The van der Waals surface area contributed by atoms with Gasteiger partial charge in [0.05, 0.1) is 6.92 Å². The summed E-state index contributed by atoms with van der Waals surface area (Å²) in [6, 6.07) is 8.12. The van der Waals surface area contributed by atoms with Gasteiger partial charge in [0, 0.05) is 0 Å². The highest BCUT2D eigenvalue weighted by Gasteiger charge is 2.16. The van der Waals surface area contributed by atoms with Gasteiger partial charge in [-0.2, -0.15) is 13.2 Å². The number of halogens is 3. The zero-order valence-corrected chi connectivity index (χ0v) is 9.36. The first-order valence-electron chi connectivity index (χ1n) is 4.60. The van der Waals surface area contributed by atoms with Crippen molar-refractivity contribution in [3.05, 3.63) is 49.2 Å². The molecule has 0 unspecified atom stereocenters. The molecule has 0 nitrogen and oxygen atoms in total. The van der Waals surface area contributed by atoms with E-state index in [9.17, 15) is 13.2 Å². The van der Waals surface area contributed by atoms with Crippen molar-refractivity contribution in [1.82, 2.24) is 0 Å². The van der Waals surface area contributed by atoms with Crippen LogP contribution in [-0.2, 0) is 0 Å². The second-order valence-corrected chi connectivity index (χ2v) is 2.60. The first-order valence-corrected chi connectivity index (χ1v) is 4.60. The summed E-state index contributed by atoms with van der Waals surface area (Å²) < 4.78 is 30.7. The van der Waals surface area contributed by atoms with E-state index < -0.39 is 6.18 Å². The summed E-state index contributed by atoms with van der Waals surface area (Å²) in [7, 11) is 0. The molecule has 0 spiro atoms. The van der Waals surface area contributed by atoms with Gasteiger partial charge in [0.25, 0.3) is 0 Å². The monoisotopic (exact) mass is 218 g/mol. The van der Waals surface area contributed by atoms with Crippen molar-refractivity contribution in [2.24, 2.45) is 0 Å². The van der Waals surface area contributed by atoms with Crippen molar-refractivity contribution in [2.75, 3.05) is 0 Å². The largest absolute Gasteiger partial charge is 0.389 e. The molecule has 0 saturated heterocycles. The molecule has 1 aromatic rings. The van der Waals surface area contributed by atoms with Crippen LogP contribution in [0.3, 0.4) is 0 Å². The molecule has 1 aromatic carbocycles. The molecule has 0 aliphatic rings. The zero-order chi connectivity index (χ0) is 12.5. The summed E-state index contributed by atoms with van der Waals surface area (Å²) in [6.45, 7) is 11.6. The molecule has 0 atom stereocenters.